The molecule has 0 saturated carbocycles. The average Bonchev–Trinajstić information content (AvgIpc) is 2.46. The summed E-state index contributed by atoms with van der Waals surface area (Å²) < 4.78 is 0.955. The number of carbonyl (C=O) groups excluding carboxylic acids is 1. The first kappa shape index (κ1) is 11.1. The van der Waals surface area contributed by atoms with Crippen molar-refractivity contribution in [3.8, 4) is 0 Å². The molecule has 1 heterocycles. The topological polar surface area (TPSA) is 17.1 Å². The summed E-state index contributed by atoms with van der Waals surface area (Å²) in [6, 6.07) is 14.0. The van der Waals surface area contributed by atoms with Crippen molar-refractivity contribution >= 4 is 33.5 Å². The van der Waals surface area contributed by atoms with E-state index in [4.69, 9.17) is 0 Å². The lowest BCUT2D eigenvalue weighted by Gasteiger charge is -2.04. The van der Waals surface area contributed by atoms with Crippen LogP contribution < -0.4 is 0 Å². The predicted octanol–water partition coefficient (Wildman–Crippen LogP) is 4.34. The molecule has 2 aromatic rings. The number of ketones is 1. The first-order valence-corrected chi connectivity index (χ1v) is 6.93. The second-order valence-electron chi connectivity index (χ2n) is 3.95. The fraction of sp³-hybridized carbons (Fsp3) is 0.0714. The van der Waals surface area contributed by atoms with Gasteiger partial charge in [-0.2, -0.15) is 0 Å². The van der Waals surface area contributed by atoms with Crippen molar-refractivity contribution in [3.05, 3.63) is 58.1 Å². The Hall–Kier alpha value is -1.06. The standard InChI is InChI=1S/C14H9BrOS/c15-10-5-6-14-11(8-10)12(16)7-9-3-1-2-4-13(9)17-14/h1-6,8H,7H2. The Morgan fingerprint density at radius 3 is 2.76 bits per heavy atom. The molecule has 3 rings (SSSR count). The van der Waals surface area contributed by atoms with Crippen LogP contribution in [0.2, 0.25) is 0 Å². The number of benzene rings is 2. The highest BCUT2D eigenvalue weighted by Crippen LogP contribution is 2.37. The van der Waals surface area contributed by atoms with Gasteiger partial charge in [0.1, 0.15) is 0 Å². The molecule has 0 N–H and O–H groups in total. The van der Waals surface area contributed by atoms with Gasteiger partial charge in [0.2, 0.25) is 0 Å². The molecule has 0 fully saturated rings. The third-order valence-corrected chi connectivity index (χ3v) is 4.47. The molecule has 0 spiro atoms. The van der Waals surface area contributed by atoms with Crippen LogP contribution in [0.1, 0.15) is 15.9 Å². The Bertz CT molecular complexity index is 607. The van der Waals surface area contributed by atoms with Gasteiger partial charge in [0.25, 0.3) is 0 Å². The van der Waals surface area contributed by atoms with E-state index in [0.717, 1.165) is 20.5 Å². The summed E-state index contributed by atoms with van der Waals surface area (Å²) >= 11 is 5.09. The van der Waals surface area contributed by atoms with Crippen LogP contribution in [0.3, 0.4) is 0 Å². The molecular weight excluding hydrogens is 296 g/mol. The minimum absolute atomic E-state index is 0.193. The van der Waals surface area contributed by atoms with Crippen molar-refractivity contribution in [2.45, 2.75) is 16.2 Å². The van der Waals surface area contributed by atoms with Crippen LogP contribution in [0.5, 0.6) is 0 Å². The van der Waals surface area contributed by atoms with Gasteiger partial charge in [0.05, 0.1) is 0 Å². The molecule has 0 amide bonds. The minimum Gasteiger partial charge on any atom is -0.294 e. The second-order valence-corrected chi connectivity index (χ2v) is 5.95. The summed E-state index contributed by atoms with van der Waals surface area (Å²) in [6.45, 7) is 0. The molecule has 1 aliphatic heterocycles. The van der Waals surface area contributed by atoms with E-state index in [2.05, 4.69) is 22.0 Å². The first-order valence-electron chi connectivity index (χ1n) is 5.32. The molecule has 1 nitrogen and oxygen atoms in total. The Kier molecular flexibility index (Phi) is 2.81. The fourth-order valence-corrected chi connectivity index (χ4v) is 3.38. The number of rotatable bonds is 0. The van der Waals surface area contributed by atoms with E-state index in [-0.39, 0.29) is 5.78 Å². The number of fused-ring (bicyclic) bond motifs is 2. The lowest BCUT2D eigenvalue weighted by Crippen LogP contribution is -2.03. The van der Waals surface area contributed by atoms with Crippen LogP contribution in [0.4, 0.5) is 0 Å². The van der Waals surface area contributed by atoms with E-state index in [1.807, 2.05) is 36.4 Å². The van der Waals surface area contributed by atoms with Crippen LogP contribution in [0, 0.1) is 0 Å². The van der Waals surface area contributed by atoms with Crippen LogP contribution in [0.15, 0.2) is 56.7 Å². The summed E-state index contributed by atoms with van der Waals surface area (Å²) in [4.78, 5) is 14.4. The Labute approximate surface area is 112 Å². The van der Waals surface area contributed by atoms with Gasteiger partial charge in [-0.25, -0.2) is 0 Å². The smallest absolute Gasteiger partial charge is 0.168 e. The molecule has 17 heavy (non-hydrogen) atoms. The maximum Gasteiger partial charge on any atom is 0.168 e. The quantitative estimate of drug-likeness (QED) is 0.720. The molecule has 2 aromatic carbocycles. The average molecular weight is 305 g/mol. The molecule has 0 unspecified atom stereocenters. The van der Waals surface area contributed by atoms with Gasteiger partial charge in [-0.3, -0.25) is 4.79 Å². The van der Waals surface area contributed by atoms with Crippen LogP contribution in [-0.4, -0.2) is 5.78 Å². The van der Waals surface area contributed by atoms with Crippen molar-refractivity contribution in [1.82, 2.24) is 0 Å². The largest absolute Gasteiger partial charge is 0.294 e. The third kappa shape index (κ3) is 2.05. The van der Waals surface area contributed by atoms with Crippen molar-refractivity contribution in [3.63, 3.8) is 0 Å². The van der Waals surface area contributed by atoms with Crippen molar-refractivity contribution in [2.75, 3.05) is 0 Å². The molecule has 84 valence electrons. The molecule has 1 aliphatic rings. The second kappa shape index (κ2) is 4.31. The zero-order valence-electron chi connectivity index (χ0n) is 8.94. The maximum absolute atomic E-state index is 12.2. The summed E-state index contributed by atoms with van der Waals surface area (Å²) in [5.41, 5.74) is 1.94. The van der Waals surface area contributed by atoms with Gasteiger partial charge < -0.3 is 0 Å². The highest BCUT2D eigenvalue weighted by molar-refractivity contribution is 9.10. The lowest BCUT2D eigenvalue weighted by atomic mass is 10.0. The normalized spacial score (nSPS) is 13.8. The summed E-state index contributed by atoms with van der Waals surface area (Å²) in [5, 5.41) is 0. The highest BCUT2D eigenvalue weighted by Gasteiger charge is 2.19. The summed E-state index contributed by atoms with van der Waals surface area (Å²) in [5.74, 6) is 0.193. The van der Waals surface area contributed by atoms with Gasteiger partial charge >= 0.3 is 0 Å². The lowest BCUT2D eigenvalue weighted by molar-refractivity contribution is 0.0990. The number of hydrogen-bond acceptors (Lipinski definition) is 2. The molecule has 0 saturated heterocycles. The molecule has 3 heteroatoms. The van der Waals surface area contributed by atoms with Crippen LogP contribution in [0.25, 0.3) is 0 Å². The summed E-state index contributed by atoms with van der Waals surface area (Å²) in [6.07, 6.45) is 0.493. The number of hydrogen-bond donors (Lipinski definition) is 0. The van der Waals surface area contributed by atoms with E-state index >= 15 is 0 Å². The Morgan fingerprint density at radius 2 is 1.88 bits per heavy atom. The molecule has 0 radical (unpaired) electrons. The van der Waals surface area contributed by atoms with Gasteiger partial charge in [-0.1, -0.05) is 45.9 Å². The molecule has 0 bridgehead atoms. The highest BCUT2D eigenvalue weighted by atomic mass is 79.9. The minimum atomic E-state index is 0.193. The third-order valence-electron chi connectivity index (χ3n) is 2.79. The molecule has 0 aliphatic carbocycles. The SMILES string of the molecule is O=C1Cc2ccccc2Sc2ccc(Br)cc21. The predicted molar refractivity (Wildman–Crippen MR) is 72.7 cm³/mol. The van der Waals surface area contributed by atoms with Crippen molar-refractivity contribution in [2.24, 2.45) is 0 Å². The van der Waals surface area contributed by atoms with Gasteiger partial charge in [0.15, 0.2) is 5.78 Å². The van der Waals surface area contributed by atoms with E-state index in [1.165, 1.54) is 4.90 Å². The zero-order valence-corrected chi connectivity index (χ0v) is 11.3. The van der Waals surface area contributed by atoms with E-state index in [9.17, 15) is 4.79 Å². The molecule has 0 atom stereocenters. The van der Waals surface area contributed by atoms with Crippen molar-refractivity contribution in [1.29, 1.82) is 0 Å². The fourth-order valence-electron chi connectivity index (χ4n) is 1.95. The molecular formula is C14H9BrOS. The Balaban J connectivity index is 2.17. The zero-order chi connectivity index (χ0) is 11.8. The van der Waals surface area contributed by atoms with E-state index in [0.29, 0.717) is 6.42 Å². The summed E-state index contributed by atoms with van der Waals surface area (Å²) in [7, 11) is 0. The monoisotopic (exact) mass is 304 g/mol. The van der Waals surface area contributed by atoms with Crippen LogP contribution >= 0.6 is 27.7 Å². The first-order chi connectivity index (χ1) is 8.24. The number of carbonyl (C=O) groups is 1. The van der Waals surface area contributed by atoms with Gasteiger partial charge in [-0.05, 0) is 29.8 Å². The van der Waals surface area contributed by atoms with E-state index in [1.54, 1.807) is 11.8 Å². The molecule has 0 aromatic heterocycles. The van der Waals surface area contributed by atoms with E-state index < -0.39 is 0 Å². The Morgan fingerprint density at radius 1 is 1.06 bits per heavy atom. The number of halogens is 1. The van der Waals surface area contributed by atoms with Gasteiger partial charge in [0, 0.05) is 26.2 Å². The van der Waals surface area contributed by atoms with Crippen molar-refractivity contribution < 1.29 is 4.79 Å². The number of Topliss-reactive ketones (excluding diaryl/α,β-unsaturated/α-hetero) is 1. The van der Waals surface area contributed by atoms with Crippen LogP contribution in [-0.2, 0) is 6.42 Å². The maximum atomic E-state index is 12.2. The van der Waals surface area contributed by atoms with Gasteiger partial charge in [-0.15, -0.1) is 0 Å².